The van der Waals surface area contributed by atoms with Crippen LogP contribution in [0.15, 0.2) is 23.2 Å². The van der Waals surface area contributed by atoms with Crippen LogP contribution in [0.4, 0.5) is 8.78 Å². The fourth-order valence-corrected chi connectivity index (χ4v) is 2.95. The molecule has 22 heavy (non-hydrogen) atoms. The van der Waals surface area contributed by atoms with Crippen molar-refractivity contribution in [2.75, 3.05) is 13.2 Å². The lowest BCUT2D eigenvalue weighted by Gasteiger charge is -2.29. The van der Waals surface area contributed by atoms with Crippen molar-refractivity contribution in [2.24, 2.45) is 16.6 Å². The fourth-order valence-electron chi connectivity index (χ4n) is 2.95. The maximum atomic E-state index is 14.5. The number of halogens is 2. The predicted molar refractivity (Wildman–Crippen MR) is 82.1 cm³/mol. The molecule has 0 amide bonds. The van der Waals surface area contributed by atoms with Gasteiger partial charge in [0.05, 0.1) is 6.61 Å². The highest BCUT2D eigenvalue weighted by Gasteiger charge is 2.40. The highest BCUT2D eigenvalue weighted by atomic mass is 19.1. The lowest BCUT2D eigenvalue weighted by Crippen LogP contribution is -2.35. The van der Waals surface area contributed by atoms with Crippen molar-refractivity contribution < 1.29 is 13.5 Å². The number of nitrogens with two attached hydrogens (primary N) is 1. The third kappa shape index (κ3) is 3.14. The first kappa shape index (κ1) is 15.4. The molecule has 1 aromatic carbocycles. The fraction of sp³-hybridized carbons (Fsp3) is 0.588. The molecular weight excluding hydrogens is 286 g/mol. The summed E-state index contributed by atoms with van der Waals surface area (Å²) < 4.78 is 34.0. The van der Waals surface area contributed by atoms with E-state index in [1.54, 1.807) is 19.1 Å². The van der Waals surface area contributed by atoms with E-state index in [-0.39, 0.29) is 24.6 Å². The summed E-state index contributed by atoms with van der Waals surface area (Å²) in [6, 6.07) is 4.93. The van der Waals surface area contributed by atoms with Crippen LogP contribution in [0.2, 0.25) is 0 Å². The summed E-state index contributed by atoms with van der Waals surface area (Å²) in [5, 5.41) is 0. The molecule has 5 heteroatoms. The Bertz CT molecular complexity index is 586. The molecule has 1 aromatic rings. The van der Waals surface area contributed by atoms with Crippen LogP contribution >= 0.6 is 0 Å². The number of alkyl halides is 1. The van der Waals surface area contributed by atoms with Crippen LogP contribution in [-0.2, 0) is 16.7 Å². The van der Waals surface area contributed by atoms with Gasteiger partial charge in [0, 0.05) is 5.56 Å². The summed E-state index contributed by atoms with van der Waals surface area (Å²) in [5.74, 6) is 0.558. The van der Waals surface area contributed by atoms with Gasteiger partial charge in [-0.1, -0.05) is 25.0 Å². The Labute approximate surface area is 129 Å². The normalized spacial score (nSPS) is 29.0. The molecule has 0 radical (unpaired) electrons. The molecule has 0 spiro atoms. The monoisotopic (exact) mass is 308 g/mol. The minimum absolute atomic E-state index is 0.0823. The Hall–Kier alpha value is -1.49. The average molecular weight is 308 g/mol. The van der Waals surface area contributed by atoms with Crippen molar-refractivity contribution in [3.8, 4) is 0 Å². The van der Waals surface area contributed by atoms with E-state index < -0.39 is 17.5 Å². The molecule has 0 saturated heterocycles. The van der Waals surface area contributed by atoms with E-state index in [0.717, 1.165) is 24.3 Å². The van der Waals surface area contributed by atoms with Gasteiger partial charge in [0.25, 0.3) is 0 Å². The first-order valence-electron chi connectivity index (χ1n) is 7.84. The standard InChI is InChI=1S/C17H22F2N2O/c1-17(15(19)9-22-10-16(20)21-17)13-8-12(6-7-14(13)18)5-4-11-2-3-11/h6-8,11,15H,2-5,9-10H2,1H3,(H2,20,21)/t15-,17+/m0/s1. The van der Waals surface area contributed by atoms with E-state index in [9.17, 15) is 8.78 Å². The van der Waals surface area contributed by atoms with Crippen molar-refractivity contribution >= 4 is 5.84 Å². The summed E-state index contributed by atoms with van der Waals surface area (Å²) in [5.41, 5.74) is 5.70. The number of nitrogens with zero attached hydrogens (tertiary/aromatic N) is 1. The molecule has 1 heterocycles. The van der Waals surface area contributed by atoms with Crippen LogP contribution in [0.5, 0.6) is 0 Å². The average Bonchev–Trinajstić information content (AvgIpc) is 3.30. The van der Waals surface area contributed by atoms with E-state index in [2.05, 4.69) is 4.99 Å². The minimum atomic E-state index is -1.43. The molecule has 0 unspecified atom stereocenters. The van der Waals surface area contributed by atoms with Crippen LogP contribution < -0.4 is 5.73 Å². The summed E-state index contributed by atoms with van der Waals surface area (Å²) in [6.45, 7) is 1.54. The van der Waals surface area contributed by atoms with Crippen LogP contribution in [-0.4, -0.2) is 25.2 Å². The van der Waals surface area contributed by atoms with Crippen molar-refractivity contribution in [3.63, 3.8) is 0 Å². The number of rotatable bonds is 4. The molecule has 2 atom stereocenters. The van der Waals surface area contributed by atoms with Gasteiger partial charge in [0.15, 0.2) is 6.17 Å². The van der Waals surface area contributed by atoms with Gasteiger partial charge in [-0.15, -0.1) is 0 Å². The minimum Gasteiger partial charge on any atom is -0.386 e. The topological polar surface area (TPSA) is 47.6 Å². The summed E-state index contributed by atoms with van der Waals surface area (Å²) >= 11 is 0. The Morgan fingerprint density at radius 1 is 1.41 bits per heavy atom. The number of aliphatic imine (C=N–C) groups is 1. The first-order valence-corrected chi connectivity index (χ1v) is 7.84. The Kier molecular flexibility index (Phi) is 4.17. The van der Waals surface area contributed by atoms with Crippen molar-refractivity contribution in [1.29, 1.82) is 0 Å². The second kappa shape index (κ2) is 5.95. The number of amidine groups is 1. The van der Waals surface area contributed by atoms with E-state index in [1.165, 1.54) is 18.9 Å². The van der Waals surface area contributed by atoms with Gasteiger partial charge in [0.1, 0.15) is 23.8 Å². The molecule has 2 N–H and O–H groups in total. The van der Waals surface area contributed by atoms with Gasteiger partial charge in [-0.3, -0.25) is 4.99 Å². The van der Waals surface area contributed by atoms with E-state index in [4.69, 9.17) is 10.5 Å². The Morgan fingerprint density at radius 3 is 2.91 bits per heavy atom. The maximum absolute atomic E-state index is 14.5. The van der Waals surface area contributed by atoms with Gasteiger partial charge in [-0.25, -0.2) is 8.78 Å². The molecule has 1 aliphatic heterocycles. The number of hydrogen-bond acceptors (Lipinski definition) is 3. The van der Waals surface area contributed by atoms with Gasteiger partial charge < -0.3 is 10.5 Å². The second-order valence-corrected chi connectivity index (χ2v) is 6.53. The van der Waals surface area contributed by atoms with Crippen LogP contribution in [0.1, 0.15) is 37.3 Å². The molecule has 3 nitrogen and oxygen atoms in total. The molecule has 1 fully saturated rings. The molecule has 0 aromatic heterocycles. The zero-order valence-electron chi connectivity index (χ0n) is 12.8. The van der Waals surface area contributed by atoms with Gasteiger partial charge in [-0.2, -0.15) is 0 Å². The van der Waals surface area contributed by atoms with Crippen molar-refractivity contribution in [3.05, 3.63) is 35.1 Å². The quantitative estimate of drug-likeness (QED) is 0.929. The smallest absolute Gasteiger partial charge is 0.152 e. The molecule has 1 aliphatic carbocycles. The molecule has 120 valence electrons. The van der Waals surface area contributed by atoms with Crippen LogP contribution in [0, 0.1) is 11.7 Å². The first-order chi connectivity index (χ1) is 10.5. The Balaban J connectivity index is 1.93. The lowest BCUT2D eigenvalue weighted by molar-refractivity contribution is 0.0754. The van der Waals surface area contributed by atoms with E-state index in [0.29, 0.717) is 0 Å². The zero-order valence-corrected chi connectivity index (χ0v) is 12.8. The largest absolute Gasteiger partial charge is 0.386 e. The van der Waals surface area contributed by atoms with E-state index >= 15 is 0 Å². The second-order valence-electron chi connectivity index (χ2n) is 6.53. The van der Waals surface area contributed by atoms with Crippen LogP contribution in [0.3, 0.4) is 0 Å². The maximum Gasteiger partial charge on any atom is 0.152 e. The Morgan fingerprint density at radius 2 is 2.18 bits per heavy atom. The molecule has 0 bridgehead atoms. The summed E-state index contributed by atoms with van der Waals surface area (Å²) in [7, 11) is 0. The predicted octanol–water partition coefficient (Wildman–Crippen LogP) is 3.11. The molecule has 2 aliphatic rings. The summed E-state index contributed by atoms with van der Waals surface area (Å²) in [6.07, 6.45) is 3.14. The van der Waals surface area contributed by atoms with Crippen LogP contribution in [0.25, 0.3) is 0 Å². The van der Waals surface area contributed by atoms with Crippen molar-refractivity contribution in [1.82, 2.24) is 0 Å². The number of aryl methyl sites for hydroxylation is 1. The molecular formula is C17H22F2N2O. The lowest BCUT2D eigenvalue weighted by atomic mass is 9.86. The van der Waals surface area contributed by atoms with Gasteiger partial charge in [0.2, 0.25) is 0 Å². The molecule has 1 saturated carbocycles. The SMILES string of the molecule is C[C@]1(c2cc(CCC3CC3)ccc2F)N=C(N)COC[C@@H]1F. The zero-order chi connectivity index (χ0) is 15.7. The van der Waals surface area contributed by atoms with Crippen molar-refractivity contribution in [2.45, 2.75) is 44.3 Å². The third-order valence-corrected chi connectivity index (χ3v) is 4.61. The van der Waals surface area contributed by atoms with E-state index in [1.807, 2.05) is 0 Å². The summed E-state index contributed by atoms with van der Waals surface area (Å²) in [4.78, 5) is 4.22. The highest BCUT2D eigenvalue weighted by Crippen LogP contribution is 2.37. The number of ether oxygens (including phenoxy) is 1. The number of hydrogen-bond donors (Lipinski definition) is 1. The van der Waals surface area contributed by atoms with Gasteiger partial charge >= 0.3 is 0 Å². The number of benzene rings is 1. The molecule has 3 rings (SSSR count). The van der Waals surface area contributed by atoms with Gasteiger partial charge in [-0.05, 0) is 37.3 Å². The third-order valence-electron chi connectivity index (χ3n) is 4.61. The highest BCUT2D eigenvalue weighted by molar-refractivity contribution is 5.82.